The Morgan fingerprint density at radius 3 is 2.69 bits per heavy atom. The van der Waals surface area contributed by atoms with Crippen LogP contribution in [0.1, 0.15) is 34.0 Å². The molecule has 0 spiro atoms. The van der Waals surface area contributed by atoms with E-state index in [4.69, 9.17) is 0 Å². The molecule has 0 saturated carbocycles. The Kier molecular flexibility index (Phi) is 3.74. The smallest absolute Gasteiger partial charge is 0.0798 e. The zero-order valence-electron chi connectivity index (χ0n) is 9.78. The predicted octanol–water partition coefficient (Wildman–Crippen LogP) is 3.52. The van der Waals surface area contributed by atoms with Crippen molar-refractivity contribution >= 4 is 22.7 Å². The van der Waals surface area contributed by atoms with Gasteiger partial charge in [0.25, 0.3) is 0 Å². The summed E-state index contributed by atoms with van der Waals surface area (Å²) in [6, 6.07) is 2.52. The lowest BCUT2D eigenvalue weighted by Crippen LogP contribution is -2.21. The summed E-state index contributed by atoms with van der Waals surface area (Å²) in [5.41, 5.74) is 4.46. The fourth-order valence-corrected chi connectivity index (χ4v) is 3.47. The van der Waals surface area contributed by atoms with Gasteiger partial charge in [0, 0.05) is 9.75 Å². The third kappa shape index (κ3) is 2.19. The highest BCUT2D eigenvalue weighted by Crippen LogP contribution is 2.31. The zero-order valence-corrected chi connectivity index (χ0v) is 11.4. The Labute approximate surface area is 104 Å². The second-order valence-electron chi connectivity index (χ2n) is 3.72. The number of nitrogens with one attached hydrogen (secondary N) is 1. The van der Waals surface area contributed by atoms with Gasteiger partial charge in [0.1, 0.15) is 0 Å². The highest BCUT2D eigenvalue weighted by molar-refractivity contribution is 7.10. The topological polar surface area (TPSA) is 24.9 Å². The first-order valence-corrected chi connectivity index (χ1v) is 7.17. The first kappa shape index (κ1) is 11.8. The molecule has 0 amide bonds. The minimum Gasteiger partial charge on any atom is -0.306 e. The Hall–Kier alpha value is -0.710. The van der Waals surface area contributed by atoms with Gasteiger partial charge in [0.15, 0.2) is 0 Å². The van der Waals surface area contributed by atoms with Crippen LogP contribution < -0.4 is 5.32 Å². The summed E-state index contributed by atoms with van der Waals surface area (Å²) >= 11 is 3.54. The minimum absolute atomic E-state index is 0.309. The van der Waals surface area contributed by atoms with Crippen LogP contribution in [0, 0.1) is 13.8 Å². The molecule has 4 heteroatoms. The molecule has 86 valence electrons. The molecule has 0 saturated heterocycles. The molecule has 2 rings (SSSR count). The van der Waals surface area contributed by atoms with Gasteiger partial charge in [0.05, 0.1) is 17.2 Å². The molecule has 1 unspecified atom stereocenters. The molecule has 2 aromatic rings. The maximum Gasteiger partial charge on any atom is 0.0798 e. The number of nitrogens with zero attached hydrogens (tertiary/aromatic N) is 1. The molecule has 0 fully saturated rings. The number of aromatic nitrogens is 1. The van der Waals surface area contributed by atoms with Gasteiger partial charge in [-0.2, -0.15) is 0 Å². The molecule has 0 aliphatic rings. The van der Waals surface area contributed by atoms with E-state index in [9.17, 15) is 0 Å². The fourth-order valence-electron chi connectivity index (χ4n) is 1.83. The second kappa shape index (κ2) is 5.08. The second-order valence-corrected chi connectivity index (χ2v) is 5.73. The van der Waals surface area contributed by atoms with E-state index in [1.807, 2.05) is 5.51 Å². The van der Waals surface area contributed by atoms with Crippen molar-refractivity contribution in [2.24, 2.45) is 0 Å². The highest BCUT2D eigenvalue weighted by Gasteiger charge is 2.19. The molecule has 0 aromatic carbocycles. The lowest BCUT2D eigenvalue weighted by atomic mass is 10.1. The van der Waals surface area contributed by atoms with Crippen LogP contribution >= 0.6 is 22.7 Å². The molecule has 1 atom stereocenters. The summed E-state index contributed by atoms with van der Waals surface area (Å²) in [5.74, 6) is 0. The van der Waals surface area contributed by atoms with E-state index in [-0.39, 0.29) is 0 Å². The summed E-state index contributed by atoms with van der Waals surface area (Å²) in [6.07, 6.45) is 0. The quantitative estimate of drug-likeness (QED) is 0.900. The molecule has 16 heavy (non-hydrogen) atoms. The van der Waals surface area contributed by atoms with Gasteiger partial charge in [0.2, 0.25) is 0 Å². The number of aryl methyl sites for hydroxylation is 2. The lowest BCUT2D eigenvalue weighted by Gasteiger charge is -2.17. The van der Waals surface area contributed by atoms with Crippen LogP contribution in [0.25, 0.3) is 0 Å². The van der Waals surface area contributed by atoms with E-state index in [1.165, 1.54) is 15.3 Å². The molecule has 0 radical (unpaired) electrons. The van der Waals surface area contributed by atoms with Crippen LogP contribution in [-0.2, 0) is 0 Å². The molecular weight excluding hydrogens is 236 g/mol. The van der Waals surface area contributed by atoms with Crippen LogP contribution in [0.5, 0.6) is 0 Å². The van der Waals surface area contributed by atoms with Crippen molar-refractivity contribution in [3.05, 3.63) is 38.0 Å². The third-order valence-corrected chi connectivity index (χ3v) is 4.52. The number of thiophene rings is 1. The molecule has 2 nitrogen and oxygen atoms in total. The van der Waals surface area contributed by atoms with Crippen LogP contribution in [0.4, 0.5) is 0 Å². The van der Waals surface area contributed by atoms with Gasteiger partial charge in [-0.3, -0.25) is 0 Å². The molecule has 1 N–H and O–H groups in total. The summed E-state index contributed by atoms with van der Waals surface area (Å²) in [5, 5.41) is 5.70. The van der Waals surface area contributed by atoms with Crippen molar-refractivity contribution in [2.75, 3.05) is 6.54 Å². The maximum atomic E-state index is 4.34. The van der Waals surface area contributed by atoms with Gasteiger partial charge in [-0.1, -0.05) is 6.92 Å². The third-order valence-electron chi connectivity index (χ3n) is 2.66. The van der Waals surface area contributed by atoms with Gasteiger partial charge in [-0.15, -0.1) is 22.7 Å². The summed E-state index contributed by atoms with van der Waals surface area (Å²) in [4.78, 5) is 7.07. The molecule has 0 bridgehead atoms. The van der Waals surface area contributed by atoms with Gasteiger partial charge < -0.3 is 5.32 Å². The predicted molar refractivity (Wildman–Crippen MR) is 71.4 cm³/mol. The maximum absolute atomic E-state index is 4.34. The van der Waals surface area contributed by atoms with E-state index in [2.05, 4.69) is 42.5 Å². The van der Waals surface area contributed by atoms with Crippen molar-refractivity contribution < 1.29 is 0 Å². The Morgan fingerprint density at radius 1 is 1.38 bits per heavy atom. The van der Waals surface area contributed by atoms with Gasteiger partial charge >= 0.3 is 0 Å². The minimum atomic E-state index is 0.309. The van der Waals surface area contributed by atoms with E-state index >= 15 is 0 Å². The first-order chi connectivity index (χ1) is 7.74. The monoisotopic (exact) mass is 252 g/mol. The van der Waals surface area contributed by atoms with Crippen molar-refractivity contribution in [3.63, 3.8) is 0 Å². The van der Waals surface area contributed by atoms with Crippen LogP contribution in [0.2, 0.25) is 0 Å². The van der Waals surface area contributed by atoms with E-state index in [0.717, 1.165) is 12.2 Å². The average molecular weight is 252 g/mol. The van der Waals surface area contributed by atoms with Crippen LogP contribution in [0.3, 0.4) is 0 Å². The zero-order chi connectivity index (χ0) is 11.5. The largest absolute Gasteiger partial charge is 0.306 e. The SMILES string of the molecule is CCNC(c1ccsc1C)c1scnc1C. The van der Waals surface area contributed by atoms with Gasteiger partial charge in [-0.25, -0.2) is 4.98 Å². The lowest BCUT2D eigenvalue weighted by molar-refractivity contribution is 0.635. The van der Waals surface area contributed by atoms with Crippen molar-refractivity contribution in [3.8, 4) is 0 Å². The van der Waals surface area contributed by atoms with Crippen LogP contribution in [0.15, 0.2) is 17.0 Å². The first-order valence-electron chi connectivity index (χ1n) is 5.41. The number of rotatable bonds is 4. The van der Waals surface area contributed by atoms with E-state index in [0.29, 0.717) is 6.04 Å². The van der Waals surface area contributed by atoms with Crippen LogP contribution in [-0.4, -0.2) is 11.5 Å². The molecule has 0 aliphatic carbocycles. The molecule has 0 aliphatic heterocycles. The van der Waals surface area contributed by atoms with Crippen molar-refractivity contribution in [1.29, 1.82) is 0 Å². The Balaban J connectivity index is 2.39. The number of hydrogen-bond donors (Lipinski definition) is 1. The standard InChI is InChI=1S/C12H16N2S2/c1-4-13-11(10-5-6-15-9(10)3)12-8(2)14-7-16-12/h5-7,11,13H,4H2,1-3H3. The molecular formula is C12H16N2S2. The highest BCUT2D eigenvalue weighted by atomic mass is 32.1. The fraction of sp³-hybridized carbons (Fsp3) is 0.417. The molecule has 2 heterocycles. The van der Waals surface area contributed by atoms with E-state index < -0.39 is 0 Å². The Morgan fingerprint density at radius 2 is 2.19 bits per heavy atom. The number of thiazole rings is 1. The average Bonchev–Trinajstić information content (AvgIpc) is 2.84. The Bertz CT molecular complexity index is 419. The molecule has 2 aromatic heterocycles. The summed E-state index contributed by atoms with van der Waals surface area (Å²) < 4.78 is 0. The van der Waals surface area contributed by atoms with Crippen molar-refractivity contribution in [2.45, 2.75) is 26.8 Å². The summed E-state index contributed by atoms with van der Waals surface area (Å²) in [6.45, 7) is 7.38. The van der Waals surface area contributed by atoms with Gasteiger partial charge in [-0.05, 0) is 37.4 Å². The van der Waals surface area contributed by atoms with Crippen molar-refractivity contribution in [1.82, 2.24) is 10.3 Å². The summed E-state index contributed by atoms with van der Waals surface area (Å²) in [7, 11) is 0. The number of hydrogen-bond acceptors (Lipinski definition) is 4. The van der Waals surface area contributed by atoms with E-state index in [1.54, 1.807) is 22.7 Å². The normalized spacial score (nSPS) is 12.9.